The van der Waals surface area contributed by atoms with Crippen LogP contribution in [0.2, 0.25) is 0 Å². The van der Waals surface area contributed by atoms with E-state index in [1.165, 1.54) is 4.68 Å². The topological polar surface area (TPSA) is 99.8 Å². The fourth-order valence-electron chi connectivity index (χ4n) is 1.37. The van der Waals surface area contributed by atoms with Crippen molar-refractivity contribution >= 4 is 11.7 Å². The van der Waals surface area contributed by atoms with E-state index in [9.17, 15) is 4.79 Å². The Balaban J connectivity index is 2.26. The molecule has 0 fully saturated rings. The molecule has 0 aliphatic heterocycles. The molecule has 0 unspecified atom stereocenters. The number of benzene rings is 1. The first kappa shape index (κ1) is 10.2. The van der Waals surface area contributed by atoms with E-state index in [0.717, 1.165) is 5.56 Å². The SMILES string of the molecule is NC(=O)c1nnn(Cc2ccccc2)c1N. The highest BCUT2D eigenvalue weighted by atomic mass is 16.1. The monoisotopic (exact) mass is 217 g/mol. The van der Waals surface area contributed by atoms with Gasteiger partial charge in [-0.25, -0.2) is 4.68 Å². The molecule has 4 N–H and O–H groups in total. The Morgan fingerprint density at radius 3 is 2.56 bits per heavy atom. The van der Waals surface area contributed by atoms with E-state index in [4.69, 9.17) is 11.5 Å². The molecule has 1 aromatic heterocycles. The number of carbonyl (C=O) groups excluding carboxylic acids is 1. The number of hydrogen-bond donors (Lipinski definition) is 2. The van der Waals surface area contributed by atoms with Gasteiger partial charge in [-0.3, -0.25) is 4.79 Å². The Morgan fingerprint density at radius 2 is 2.00 bits per heavy atom. The molecular formula is C10H11N5O. The van der Waals surface area contributed by atoms with Crippen LogP contribution < -0.4 is 11.5 Å². The molecule has 0 aliphatic carbocycles. The smallest absolute Gasteiger partial charge is 0.273 e. The fraction of sp³-hybridized carbons (Fsp3) is 0.100. The van der Waals surface area contributed by atoms with Gasteiger partial charge in [0.2, 0.25) is 0 Å². The van der Waals surface area contributed by atoms with E-state index in [1.807, 2.05) is 30.3 Å². The Bertz CT molecular complexity index is 505. The highest BCUT2D eigenvalue weighted by Crippen LogP contribution is 2.09. The average Bonchev–Trinajstić information content (AvgIpc) is 2.62. The lowest BCUT2D eigenvalue weighted by Gasteiger charge is -2.02. The van der Waals surface area contributed by atoms with Crippen molar-refractivity contribution < 1.29 is 4.79 Å². The zero-order valence-electron chi connectivity index (χ0n) is 8.50. The largest absolute Gasteiger partial charge is 0.382 e. The second-order valence-electron chi connectivity index (χ2n) is 3.33. The van der Waals surface area contributed by atoms with Crippen molar-refractivity contribution in [2.45, 2.75) is 6.54 Å². The van der Waals surface area contributed by atoms with E-state index in [-0.39, 0.29) is 11.5 Å². The highest BCUT2D eigenvalue weighted by Gasteiger charge is 2.14. The molecule has 1 amide bonds. The molecule has 6 nitrogen and oxygen atoms in total. The lowest BCUT2D eigenvalue weighted by atomic mass is 10.2. The van der Waals surface area contributed by atoms with E-state index in [0.29, 0.717) is 6.54 Å². The number of nitrogen functional groups attached to an aromatic ring is 1. The zero-order valence-corrected chi connectivity index (χ0v) is 8.50. The first-order chi connectivity index (χ1) is 7.68. The van der Waals surface area contributed by atoms with E-state index >= 15 is 0 Å². The number of anilines is 1. The maximum absolute atomic E-state index is 10.9. The molecule has 2 rings (SSSR count). The number of amides is 1. The number of primary amides is 1. The third kappa shape index (κ3) is 1.85. The second-order valence-corrected chi connectivity index (χ2v) is 3.33. The van der Waals surface area contributed by atoms with Crippen molar-refractivity contribution in [2.24, 2.45) is 5.73 Å². The Morgan fingerprint density at radius 1 is 1.31 bits per heavy atom. The molecule has 1 heterocycles. The van der Waals surface area contributed by atoms with Gasteiger partial charge in [-0.05, 0) is 5.56 Å². The summed E-state index contributed by atoms with van der Waals surface area (Å²) in [4.78, 5) is 10.9. The van der Waals surface area contributed by atoms with Crippen molar-refractivity contribution in [3.63, 3.8) is 0 Å². The van der Waals surface area contributed by atoms with Crippen LogP contribution in [0.4, 0.5) is 5.82 Å². The molecule has 0 radical (unpaired) electrons. The molecule has 0 saturated heterocycles. The molecule has 82 valence electrons. The summed E-state index contributed by atoms with van der Waals surface area (Å²) in [6, 6.07) is 9.62. The predicted molar refractivity (Wildman–Crippen MR) is 58.5 cm³/mol. The van der Waals surface area contributed by atoms with Crippen LogP contribution in [0.5, 0.6) is 0 Å². The van der Waals surface area contributed by atoms with Crippen molar-refractivity contribution in [1.29, 1.82) is 0 Å². The minimum absolute atomic E-state index is 0.0101. The number of aromatic nitrogens is 3. The third-order valence-corrected chi connectivity index (χ3v) is 2.18. The fourth-order valence-corrected chi connectivity index (χ4v) is 1.37. The average molecular weight is 217 g/mol. The Kier molecular flexibility index (Phi) is 2.55. The van der Waals surface area contributed by atoms with Crippen LogP contribution in [0.15, 0.2) is 30.3 Å². The predicted octanol–water partition coefficient (Wildman–Crippen LogP) is 0.00750. The molecule has 0 saturated carbocycles. The summed E-state index contributed by atoms with van der Waals surface area (Å²) in [5.41, 5.74) is 11.8. The summed E-state index contributed by atoms with van der Waals surface area (Å²) in [7, 11) is 0. The molecular weight excluding hydrogens is 206 g/mol. The number of nitrogens with zero attached hydrogens (tertiary/aromatic N) is 3. The van der Waals surface area contributed by atoms with E-state index in [2.05, 4.69) is 10.3 Å². The minimum atomic E-state index is -0.670. The van der Waals surface area contributed by atoms with Gasteiger partial charge in [0.1, 0.15) is 0 Å². The van der Waals surface area contributed by atoms with E-state index < -0.39 is 5.91 Å². The maximum atomic E-state index is 10.9. The molecule has 0 aliphatic rings. The molecule has 1 aromatic carbocycles. The van der Waals surface area contributed by atoms with Crippen LogP contribution in [0, 0.1) is 0 Å². The van der Waals surface area contributed by atoms with Gasteiger partial charge >= 0.3 is 0 Å². The van der Waals surface area contributed by atoms with Crippen molar-refractivity contribution in [2.75, 3.05) is 5.73 Å². The molecule has 0 atom stereocenters. The van der Waals surface area contributed by atoms with Gasteiger partial charge in [-0.1, -0.05) is 35.5 Å². The molecule has 0 bridgehead atoms. The summed E-state index contributed by atoms with van der Waals surface area (Å²) in [6.45, 7) is 0.465. The van der Waals surface area contributed by atoms with Crippen LogP contribution in [0.1, 0.15) is 16.1 Å². The number of rotatable bonds is 3. The first-order valence-corrected chi connectivity index (χ1v) is 4.71. The quantitative estimate of drug-likeness (QED) is 0.756. The van der Waals surface area contributed by atoms with Gasteiger partial charge in [0.05, 0.1) is 6.54 Å². The maximum Gasteiger partial charge on any atom is 0.273 e. The Labute approximate surface area is 91.9 Å². The normalized spacial score (nSPS) is 10.2. The Hall–Kier alpha value is -2.37. The van der Waals surface area contributed by atoms with Crippen molar-refractivity contribution in [1.82, 2.24) is 15.0 Å². The third-order valence-electron chi connectivity index (χ3n) is 2.18. The van der Waals surface area contributed by atoms with Gasteiger partial charge in [0.15, 0.2) is 11.5 Å². The van der Waals surface area contributed by atoms with Crippen LogP contribution in [0.3, 0.4) is 0 Å². The van der Waals surface area contributed by atoms with Crippen LogP contribution in [-0.4, -0.2) is 20.9 Å². The highest BCUT2D eigenvalue weighted by molar-refractivity contribution is 5.94. The standard InChI is InChI=1S/C10H11N5O/c11-9-8(10(12)16)13-14-15(9)6-7-4-2-1-3-5-7/h1-5H,6,11H2,(H2,12,16). The lowest BCUT2D eigenvalue weighted by Crippen LogP contribution is -2.14. The molecule has 16 heavy (non-hydrogen) atoms. The van der Waals surface area contributed by atoms with Gasteiger partial charge in [0, 0.05) is 0 Å². The number of hydrogen-bond acceptors (Lipinski definition) is 4. The molecule has 2 aromatic rings. The molecule has 0 spiro atoms. The summed E-state index contributed by atoms with van der Waals surface area (Å²) in [5.74, 6) is -0.479. The number of carbonyl (C=O) groups is 1. The summed E-state index contributed by atoms with van der Waals surface area (Å²) in [5, 5.41) is 7.40. The zero-order chi connectivity index (χ0) is 11.5. The van der Waals surface area contributed by atoms with Crippen LogP contribution in [0.25, 0.3) is 0 Å². The molecule has 6 heteroatoms. The second kappa shape index (κ2) is 4.01. The summed E-state index contributed by atoms with van der Waals surface area (Å²) >= 11 is 0. The van der Waals surface area contributed by atoms with Crippen molar-refractivity contribution in [3.8, 4) is 0 Å². The lowest BCUT2D eigenvalue weighted by molar-refractivity contribution is 0.0996. The minimum Gasteiger partial charge on any atom is -0.382 e. The summed E-state index contributed by atoms with van der Waals surface area (Å²) < 4.78 is 1.44. The van der Waals surface area contributed by atoms with Gasteiger partial charge in [-0.2, -0.15) is 0 Å². The van der Waals surface area contributed by atoms with Gasteiger partial charge in [0.25, 0.3) is 5.91 Å². The van der Waals surface area contributed by atoms with Gasteiger partial charge < -0.3 is 11.5 Å². The summed E-state index contributed by atoms with van der Waals surface area (Å²) in [6.07, 6.45) is 0. The first-order valence-electron chi connectivity index (χ1n) is 4.71. The number of nitrogens with two attached hydrogens (primary N) is 2. The van der Waals surface area contributed by atoms with E-state index in [1.54, 1.807) is 0 Å². The van der Waals surface area contributed by atoms with Crippen LogP contribution in [-0.2, 0) is 6.54 Å². The van der Waals surface area contributed by atoms with Crippen LogP contribution >= 0.6 is 0 Å². The van der Waals surface area contributed by atoms with Crippen molar-refractivity contribution in [3.05, 3.63) is 41.6 Å². The van der Waals surface area contributed by atoms with Gasteiger partial charge in [-0.15, -0.1) is 5.10 Å².